The van der Waals surface area contributed by atoms with E-state index in [4.69, 9.17) is 10.2 Å². The maximum atomic E-state index is 12.5. The van der Waals surface area contributed by atoms with E-state index in [2.05, 4.69) is 29.1 Å². The second-order valence-corrected chi connectivity index (χ2v) is 7.47. The van der Waals surface area contributed by atoms with Crippen molar-refractivity contribution in [3.8, 4) is 0 Å². The minimum atomic E-state index is -0.443. The van der Waals surface area contributed by atoms with Crippen LogP contribution < -0.4 is 11.1 Å². The fraction of sp³-hybridized carbons (Fsp3) is 0.217. The molecule has 4 N–H and O–H groups in total. The molecule has 1 atom stereocenters. The Balaban J connectivity index is 1.43. The van der Waals surface area contributed by atoms with Crippen LogP contribution in [0.15, 0.2) is 65.4 Å². The zero-order valence-electron chi connectivity index (χ0n) is 16.5. The number of aromatic nitrogens is 2. The first-order valence-corrected chi connectivity index (χ1v) is 9.68. The number of nitrogens with zero attached hydrogens (tertiary/aromatic N) is 1. The van der Waals surface area contributed by atoms with Gasteiger partial charge in [-0.15, -0.1) is 0 Å². The first-order chi connectivity index (χ1) is 14.0. The largest absolute Gasteiger partial charge is 0.446 e. The molecule has 0 aliphatic heterocycles. The molecule has 6 nitrogen and oxygen atoms in total. The van der Waals surface area contributed by atoms with E-state index in [1.807, 2.05) is 54.7 Å². The lowest BCUT2D eigenvalue weighted by Gasteiger charge is -2.07. The Morgan fingerprint density at radius 1 is 1.17 bits per heavy atom. The van der Waals surface area contributed by atoms with Crippen LogP contribution in [0.3, 0.4) is 0 Å². The lowest BCUT2D eigenvalue weighted by molar-refractivity contribution is 0.102. The van der Waals surface area contributed by atoms with Gasteiger partial charge in [0.15, 0.2) is 5.69 Å². The summed E-state index contributed by atoms with van der Waals surface area (Å²) in [5, 5.41) is 3.96. The highest BCUT2D eigenvalue weighted by Crippen LogP contribution is 2.23. The number of benzene rings is 2. The van der Waals surface area contributed by atoms with Crippen molar-refractivity contribution in [3.05, 3.63) is 83.7 Å². The number of carbonyl (C=O) groups excluding carboxylic acids is 1. The molecule has 0 bridgehead atoms. The minimum Gasteiger partial charge on any atom is -0.446 e. The van der Waals surface area contributed by atoms with Crippen molar-refractivity contribution in [2.75, 3.05) is 5.32 Å². The van der Waals surface area contributed by atoms with Crippen molar-refractivity contribution in [1.82, 2.24) is 9.97 Å². The molecule has 148 valence electrons. The van der Waals surface area contributed by atoms with Crippen LogP contribution in [-0.4, -0.2) is 15.9 Å². The van der Waals surface area contributed by atoms with Gasteiger partial charge >= 0.3 is 0 Å². The van der Waals surface area contributed by atoms with Gasteiger partial charge in [0.1, 0.15) is 6.26 Å². The summed E-state index contributed by atoms with van der Waals surface area (Å²) in [5.74, 6) is 0.462. The quantitative estimate of drug-likeness (QED) is 0.443. The number of fused-ring (bicyclic) bond motifs is 1. The van der Waals surface area contributed by atoms with Crippen molar-refractivity contribution in [2.45, 2.75) is 32.2 Å². The molecule has 29 heavy (non-hydrogen) atoms. The highest BCUT2D eigenvalue weighted by atomic mass is 16.3. The summed E-state index contributed by atoms with van der Waals surface area (Å²) < 4.78 is 5.49. The third kappa shape index (κ3) is 4.07. The van der Waals surface area contributed by atoms with Crippen molar-refractivity contribution < 1.29 is 9.21 Å². The Hall–Kier alpha value is -3.38. The van der Waals surface area contributed by atoms with Crippen LogP contribution in [0.25, 0.3) is 10.9 Å². The summed E-state index contributed by atoms with van der Waals surface area (Å²) >= 11 is 0. The van der Waals surface area contributed by atoms with Crippen LogP contribution in [-0.2, 0) is 6.42 Å². The highest BCUT2D eigenvalue weighted by Gasteiger charge is 2.19. The number of oxazole rings is 1. The normalized spacial score (nSPS) is 12.4. The maximum absolute atomic E-state index is 12.5. The molecule has 1 amide bonds. The molecule has 0 spiro atoms. The molecule has 2 heterocycles. The number of aromatic amines is 1. The average molecular weight is 388 g/mol. The molecule has 2 aromatic carbocycles. The predicted octanol–water partition coefficient (Wildman–Crippen LogP) is 4.77. The molecule has 0 fully saturated rings. The van der Waals surface area contributed by atoms with E-state index in [0.29, 0.717) is 23.9 Å². The maximum Gasteiger partial charge on any atom is 0.277 e. The Bertz CT molecular complexity index is 1130. The number of amides is 1. The Kier molecular flexibility index (Phi) is 5.18. The van der Waals surface area contributed by atoms with Gasteiger partial charge in [0, 0.05) is 22.8 Å². The molecule has 0 saturated carbocycles. The number of nitrogens with two attached hydrogens (primary N) is 1. The summed E-state index contributed by atoms with van der Waals surface area (Å²) in [6.45, 7) is 4.26. The summed E-state index contributed by atoms with van der Waals surface area (Å²) in [5.41, 5.74) is 10.6. The van der Waals surface area contributed by atoms with E-state index in [-0.39, 0.29) is 11.6 Å². The molecule has 1 unspecified atom stereocenters. The van der Waals surface area contributed by atoms with Gasteiger partial charge in [0.05, 0.1) is 6.04 Å². The van der Waals surface area contributed by atoms with Crippen LogP contribution in [0, 0.1) is 0 Å². The molecule has 0 saturated heterocycles. The van der Waals surface area contributed by atoms with Crippen molar-refractivity contribution >= 4 is 22.5 Å². The lowest BCUT2D eigenvalue weighted by atomic mass is 10.0. The third-order valence-electron chi connectivity index (χ3n) is 5.02. The number of nitrogens with one attached hydrogen (secondary N) is 2. The zero-order chi connectivity index (χ0) is 20.4. The molecule has 0 aliphatic rings. The summed E-state index contributed by atoms with van der Waals surface area (Å²) in [7, 11) is 0. The number of para-hydroxylation sites is 1. The van der Waals surface area contributed by atoms with Crippen LogP contribution in [0.1, 0.15) is 53.3 Å². The second-order valence-electron chi connectivity index (χ2n) is 7.47. The van der Waals surface area contributed by atoms with Gasteiger partial charge in [-0.1, -0.05) is 44.2 Å². The van der Waals surface area contributed by atoms with E-state index in [1.165, 1.54) is 11.8 Å². The van der Waals surface area contributed by atoms with Gasteiger partial charge in [-0.05, 0) is 41.7 Å². The molecule has 4 rings (SSSR count). The Morgan fingerprint density at radius 3 is 2.69 bits per heavy atom. The smallest absolute Gasteiger partial charge is 0.277 e. The van der Waals surface area contributed by atoms with E-state index >= 15 is 0 Å². The molecule has 4 aromatic rings. The van der Waals surface area contributed by atoms with Crippen LogP contribution in [0.4, 0.5) is 5.69 Å². The van der Waals surface area contributed by atoms with Gasteiger partial charge in [0.25, 0.3) is 5.91 Å². The van der Waals surface area contributed by atoms with E-state index in [0.717, 1.165) is 16.5 Å². The number of carbonyl (C=O) groups is 1. The summed E-state index contributed by atoms with van der Waals surface area (Å²) in [6.07, 6.45) is 3.85. The molecule has 6 heteroatoms. The fourth-order valence-corrected chi connectivity index (χ4v) is 3.33. The summed E-state index contributed by atoms with van der Waals surface area (Å²) in [4.78, 5) is 20.0. The first-order valence-electron chi connectivity index (χ1n) is 9.68. The molecule has 0 radical (unpaired) electrons. The van der Waals surface area contributed by atoms with Gasteiger partial charge in [-0.3, -0.25) is 4.79 Å². The summed E-state index contributed by atoms with van der Waals surface area (Å²) in [6, 6.07) is 15.4. The fourth-order valence-electron chi connectivity index (χ4n) is 3.33. The zero-order valence-corrected chi connectivity index (χ0v) is 16.5. The number of hydrogen-bond donors (Lipinski definition) is 3. The number of hydrogen-bond acceptors (Lipinski definition) is 4. The third-order valence-corrected chi connectivity index (χ3v) is 5.02. The van der Waals surface area contributed by atoms with E-state index in [9.17, 15) is 4.79 Å². The van der Waals surface area contributed by atoms with Crippen LogP contribution >= 0.6 is 0 Å². The minimum absolute atomic E-state index is 0.210. The van der Waals surface area contributed by atoms with Crippen LogP contribution in [0.5, 0.6) is 0 Å². The topological polar surface area (TPSA) is 96.9 Å². The highest BCUT2D eigenvalue weighted by molar-refractivity contribution is 6.02. The van der Waals surface area contributed by atoms with Gasteiger partial charge in [-0.2, -0.15) is 0 Å². The number of anilines is 1. The van der Waals surface area contributed by atoms with Crippen LogP contribution in [0.2, 0.25) is 0 Å². The molecular weight excluding hydrogens is 364 g/mol. The first kappa shape index (κ1) is 19.0. The SMILES string of the molecule is CC(C)c1ccc(NC(=O)c2coc(C(N)Cc3c[nH]c4ccccc34)n2)cc1. The Morgan fingerprint density at radius 2 is 1.93 bits per heavy atom. The predicted molar refractivity (Wildman–Crippen MR) is 114 cm³/mol. The van der Waals surface area contributed by atoms with Crippen molar-refractivity contribution in [2.24, 2.45) is 5.73 Å². The van der Waals surface area contributed by atoms with Gasteiger partial charge in [0.2, 0.25) is 5.89 Å². The van der Waals surface area contributed by atoms with E-state index < -0.39 is 6.04 Å². The second kappa shape index (κ2) is 7.93. The van der Waals surface area contributed by atoms with Gasteiger partial charge in [-0.25, -0.2) is 4.98 Å². The Labute approximate surface area is 169 Å². The monoisotopic (exact) mass is 388 g/mol. The average Bonchev–Trinajstić information content (AvgIpc) is 3.36. The molecular formula is C23H24N4O2. The van der Waals surface area contributed by atoms with Crippen molar-refractivity contribution in [3.63, 3.8) is 0 Å². The van der Waals surface area contributed by atoms with E-state index in [1.54, 1.807) is 0 Å². The van der Waals surface area contributed by atoms with Gasteiger partial charge < -0.3 is 20.5 Å². The number of rotatable bonds is 6. The molecule has 2 aromatic heterocycles. The van der Waals surface area contributed by atoms with Crippen molar-refractivity contribution in [1.29, 1.82) is 0 Å². The lowest BCUT2D eigenvalue weighted by Crippen LogP contribution is -2.16. The molecule has 0 aliphatic carbocycles. The standard InChI is InChI=1S/C23H24N4O2/c1-14(2)15-7-9-17(10-8-15)26-22(28)21-13-29-23(27-21)19(24)11-16-12-25-20-6-4-3-5-18(16)20/h3-10,12-14,19,25H,11,24H2,1-2H3,(H,26,28). The number of H-pyrrole nitrogens is 1.